The zero-order chi connectivity index (χ0) is 9.19. The molecule has 0 aromatic carbocycles. The fraction of sp³-hybridized carbons (Fsp3) is 0.400. The van der Waals surface area contributed by atoms with Crippen molar-refractivity contribution in [3.05, 3.63) is 24.3 Å². The second-order valence-electron chi connectivity index (χ2n) is 3.78. The molecule has 0 aliphatic heterocycles. The van der Waals surface area contributed by atoms with Crippen molar-refractivity contribution in [3.8, 4) is 0 Å². The van der Waals surface area contributed by atoms with E-state index in [0.29, 0.717) is 0 Å². The lowest BCUT2D eigenvalue weighted by atomic mass is 10.1. The van der Waals surface area contributed by atoms with Crippen LogP contribution in [-0.4, -0.2) is 16.1 Å². The molecule has 0 heterocycles. The Balaban J connectivity index is 2.81. The van der Waals surface area contributed by atoms with E-state index in [-0.39, 0.29) is 5.54 Å². The quantitative estimate of drug-likeness (QED) is 0.521. The van der Waals surface area contributed by atoms with Crippen molar-refractivity contribution in [2.75, 3.05) is 0 Å². The molecule has 0 amide bonds. The van der Waals surface area contributed by atoms with Gasteiger partial charge in [0.1, 0.15) is 0 Å². The highest BCUT2D eigenvalue weighted by Crippen LogP contribution is 2.09. The predicted molar refractivity (Wildman–Crippen MR) is 58.1 cm³/mol. The van der Waals surface area contributed by atoms with E-state index in [4.69, 9.17) is 12.2 Å². The van der Waals surface area contributed by atoms with Gasteiger partial charge in [0.05, 0.1) is 11.3 Å². The summed E-state index contributed by atoms with van der Waals surface area (Å²) in [4.78, 5) is 5.35. The van der Waals surface area contributed by atoms with Gasteiger partial charge in [0, 0.05) is 4.86 Å². The number of hydrogen-bond acceptors (Lipinski definition) is 2. The van der Waals surface area contributed by atoms with Gasteiger partial charge in [-0.05, 0) is 45.1 Å². The van der Waals surface area contributed by atoms with Crippen molar-refractivity contribution in [3.63, 3.8) is 0 Å². The molecule has 64 valence electrons. The average molecular weight is 179 g/mol. The van der Waals surface area contributed by atoms with Gasteiger partial charge in [-0.25, -0.2) is 0 Å². The Kier molecular flexibility index (Phi) is 2.58. The van der Waals surface area contributed by atoms with Gasteiger partial charge >= 0.3 is 0 Å². The summed E-state index contributed by atoms with van der Waals surface area (Å²) < 4.78 is 0. The van der Waals surface area contributed by atoms with Gasteiger partial charge in [-0.2, -0.15) is 0 Å². The van der Waals surface area contributed by atoms with Gasteiger partial charge < -0.3 is 0 Å². The summed E-state index contributed by atoms with van der Waals surface area (Å²) in [7, 11) is 0. The van der Waals surface area contributed by atoms with E-state index < -0.39 is 0 Å². The molecule has 0 bridgehead atoms. The van der Waals surface area contributed by atoms with Gasteiger partial charge in [0.15, 0.2) is 0 Å². The molecule has 0 saturated heterocycles. The van der Waals surface area contributed by atoms with E-state index in [9.17, 15) is 0 Å². The van der Waals surface area contributed by atoms with Gasteiger partial charge in [-0.3, -0.25) is 4.99 Å². The molecule has 2 heteroatoms. The Morgan fingerprint density at radius 2 is 1.58 bits per heavy atom. The van der Waals surface area contributed by atoms with Crippen molar-refractivity contribution in [2.45, 2.75) is 26.3 Å². The Morgan fingerprint density at radius 3 is 2.00 bits per heavy atom. The lowest BCUT2D eigenvalue weighted by Gasteiger charge is -2.13. The van der Waals surface area contributed by atoms with Crippen LogP contribution in [0.1, 0.15) is 20.8 Å². The summed E-state index contributed by atoms with van der Waals surface area (Å²) in [6.45, 7) is 6.23. The molecule has 1 aliphatic carbocycles. The maximum atomic E-state index is 4.97. The first-order chi connectivity index (χ1) is 5.47. The van der Waals surface area contributed by atoms with Crippen LogP contribution < -0.4 is 0 Å². The highest BCUT2D eigenvalue weighted by molar-refractivity contribution is 7.81. The fourth-order valence-electron chi connectivity index (χ4n) is 0.908. The van der Waals surface area contributed by atoms with Crippen LogP contribution >= 0.6 is 12.2 Å². The zero-order valence-corrected chi connectivity index (χ0v) is 8.48. The van der Waals surface area contributed by atoms with Crippen LogP contribution in [0.15, 0.2) is 29.3 Å². The summed E-state index contributed by atoms with van der Waals surface area (Å²) >= 11 is 4.97. The Morgan fingerprint density at radius 1 is 1.08 bits per heavy atom. The van der Waals surface area contributed by atoms with E-state index in [1.54, 1.807) is 0 Å². The number of thiocarbonyl (C=S) groups is 1. The monoisotopic (exact) mass is 179 g/mol. The number of hydrogen-bond donors (Lipinski definition) is 0. The number of allylic oxidation sites excluding steroid dienone is 4. The minimum Gasteiger partial charge on any atom is -0.280 e. The molecule has 0 N–H and O–H groups in total. The molecule has 0 atom stereocenters. The van der Waals surface area contributed by atoms with Crippen molar-refractivity contribution in [1.82, 2.24) is 0 Å². The van der Waals surface area contributed by atoms with Crippen molar-refractivity contribution < 1.29 is 0 Å². The van der Waals surface area contributed by atoms with Crippen LogP contribution in [0.4, 0.5) is 0 Å². The highest BCUT2D eigenvalue weighted by atomic mass is 32.1. The lowest BCUT2D eigenvalue weighted by Crippen LogP contribution is -2.13. The van der Waals surface area contributed by atoms with E-state index >= 15 is 0 Å². The first kappa shape index (κ1) is 9.33. The molecule has 1 aliphatic rings. The summed E-state index contributed by atoms with van der Waals surface area (Å²) in [5.74, 6) is 0. The minimum atomic E-state index is -0.0109. The van der Waals surface area contributed by atoms with Crippen molar-refractivity contribution in [2.24, 2.45) is 4.99 Å². The Hall–Kier alpha value is -0.760. The average Bonchev–Trinajstić information content (AvgIpc) is 1.91. The minimum absolute atomic E-state index is 0.0109. The summed E-state index contributed by atoms with van der Waals surface area (Å²) in [5.41, 5.74) is 0.985. The van der Waals surface area contributed by atoms with Crippen molar-refractivity contribution in [1.29, 1.82) is 0 Å². The third-order valence-electron chi connectivity index (χ3n) is 1.30. The van der Waals surface area contributed by atoms with Crippen molar-refractivity contribution >= 4 is 22.8 Å². The molecule has 0 fully saturated rings. The predicted octanol–water partition coefficient (Wildman–Crippen LogP) is 2.72. The highest BCUT2D eigenvalue weighted by Gasteiger charge is 2.07. The smallest absolute Gasteiger partial charge is 0.0581 e. The summed E-state index contributed by atoms with van der Waals surface area (Å²) in [6, 6.07) is 0. The van der Waals surface area contributed by atoms with Crippen LogP contribution in [-0.2, 0) is 0 Å². The van der Waals surface area contributed by atoms with E-state index in [1.807, 2.05) is 24.3 Å². The van der Waals surface area contributed by atoms with Gasteiger partial charge in [-0.15, -0.1) is 0 Å². The van der Waals surface area contributed by atoms with Gasteiger partial charge in [0.2, 0.25) is 0 Å². The first-order valence-electron chi connectivity index (χ1n) is 3.97. The van der Waals surface area contributed by atoms with Crippen LogP contribution in [0, 0.1) is 0 Å². The zero-order valence-electron chi connectivity index (χ0n) is 7.66. The molecule has 0 aromatic heterocycles. The Bertz CT molecular complexity index is 259. The van der Waals surface area contributed by atoms with E-state index in [0.717, 1.165) is 10.6 Å². The molecular weight excluding hydrogens is 166 g/mol. The SMILES string of the molecule is CC(C)(C)N=C1C=CC(=S)C=C1. The second-order valence-corrected chi connectivity index (χ2v) is 4.25. The molecule has 1 nitrogen and oxygen atoms in total. The molecule has 1 rings (SSSR count). The summed E-state index contributed by atoms with van der Waals surface area (Å²) in [6.07, 6.45) is 7.71. The normalized spacial score (nSPS) is 16.9. The fourth-order valence-corrected chi connectivity index (χ4v) is 1.04. The number of aliphatic imine (C=N–C) groups is 1. The number of nitrogens with zero attached hydrogens (tertiary/aromatic N) is 1. The van der Waals surface area contributed by atoms with Crippen LogP contribution in [0.2, 0.25) is 0 Å². The standard InChI is InChI=1S/C10H13NS/c1-10(2,3)11-8-4-6-9(12)7-5-8/h4-7H,1-3H3. The topological polar surface area (TPSA) is 12.4 Å². The van der Waals surface area contributed by atoms with Crippen LogP contribution in [0.3, 0.4) is 0 Å². The molecule has 0 aromatic rings. The van der Waals surface area contributed by atoms with Gasteiger partial charge in [0.25, 0.3) is 0 Å². The first-order valence-corrected chi connectivity index (χ1v) is 4.38. The maximum absolute atomic E-state index is 4.97. The molecule has 0 unspecified atom stereocenters. The third kappa shape index (κ3) is 3.09. The van der Waals surface area contributed by atoms with Crippen LogP contribution in [0.25, 0.3) is 0 Å². The van der Waals surface area contributed by atoms with Crippen LogP contribution in [0.5, 0.6) is 0 Å². The third-order valence-corrected chi connectivity index (χ3v) is 1.57. The number of rotatable bonds is 0. The Labute approximate surface area is 78.9 Å². The maximum Gasteiger partial charge on any atom is 0.0581 e. The largest absolute Gasteiger partial charge is 0.280 e. The molecule has 0 radical (unpaired) electrons. The molecule has 0 saturated carbocycles. The molecular formula is C10H13NS. The molecule has 12 heavy (non-hydrogen) atoms. The molecule has 0 spiro atoms. The van der Waals surface area contributed by atoms with Gasteiger partial charge in [-0.1, -0.05) is 12.2 Å². The lowest BCUT2D eigenvalue weighted by molar-refractivity contribution is 0.585. The summed E-state index contributed by atoms with van der Waals surface area (Å²) in [5, 5.41) is 0. The van der Waals surface area contributed by atoms with E-state index in [1.165, 1.54) is 0 Å². The second kappa shape index (κ2) is 3.31. The van der Waals surface area contributed by atoms with E-state index in [2.05, 4.69) is 25.8 Å².